The molecule has 0 aromatic rings. The monoisotopic (exact) mass is 260 g/mol. The minimum absolute atomic E-state index is 0. The van der Waals surface area contributed by atoms with E-state index in [2.05, 4.69) is 4.89 Å². The Labute approximate surface area is 94.1 Å². The Morgan fingerprint density at radius 1 is 1.00 bits per heavy atom. The van der Waals surface area contributed by atoms with Crippen LogP contribution in [-0.4, -0.2) is 44.1 Å². The largest absolute Gasteiger partial charge is 0.481 e. The van der Waals surface area contributed by atoms with Crippen LogP contribution in [0.5, 0.6) is 0 Å². The van der Waals surface area contributed by atoms with Crippen LogP contribution >= 0.6 is 0 Å². The molecule has 4 N–H and O–H groups in total. The van der Waals surface area contributed by atoms with E-state index in [4.69, 9.17) is 20.6 Å². The van der Waals surface area contributed by atoms with Crippen LogP contribution in [0.4, 0.5) is 0 Å². The van der Waals surface area contributed by atoms with Gasteiger partial charge in [0.15, 0.2) is 0 Å². The van der Waals surface area contributed by atoms with Gasteiger partial charge in [0.05, 0.1) is 12.8 Å². The van der Waals surface area contributed by atoms with Gasteiger partial charge in [0.25, 0.3) is 0 Å². The number of aliphatic carboxylic acids is 3. The van der Waals surface area contributed by atoms with Crippen molar-refractivity contribution < 1.29 is 57.2 Å². The smallest absolute Gasteiger partial charge is 0.340 e. The fourth-order valence-electron chi connectivity index (χ4n) is 0.806. The Morgan fingerprint density at radius 2 is 1.33 bits per heavy atom. The Bertz CT molecular complexity index is 246. The van der Waals surface area contributed by atoms with Gasteiger partial charge in [-0.05, 0) is 0 Å². The standard InChI is InChI=1S/C6H8O8.Cr/c7-3(8)1-6(14-13,5(11)12)2-4(9)10;/h13H,1-2H2,(H,7,8)(H,9,10)(H,11,12);. The van der Waals surface area contributed by atoms with Gasteiger partial charge in [-0.15, -0.1) is 0 Å². The van der Waals surface area contributed by atoms with Gasteiger partial charge in [0, 0.05) is 17.4 Å². The van der Waals surface area contributed by atoms with Crippen molar-refractivity contribution in [3.63, 3.8) is 0 Å². The average molecular weight is 260 g/mol. The quantitative estimate of drug-likeness (QED) is 0.361. The average Bonchev–Trinajstić information content (AvgIpc) is 2.00. The van der Waals surface area contributed by atoms with Crippen molar-refractivity contribution in [2.24, 2.45) is 0 Å². The van der Waals surface area contributed by atoms with Crippen LogP contribution in [0.25, 0.3) is 0 Å². The van der Waals surface area contributed by atoms with E-state index in [1.165, 1.54) is 0 Å². The molecule has 0 rings (SSSR count). The van der Waals surface area contributed by atoms with Crippen LogP contribution in [0.2, 0.25) is 0 Å². The molecule has 0 aromatic carbocycles. The summed E-state index contributed by atoms with van der Waals surface area (Å²) in [6.07, 6.45) is -2.30. The van der Waals surface area contributed by atoms with Crippen LogP contribution in [0, 0.1) is 0 Å². The van der Waals surface area contributed by atoms with Crippen molar-refractivity contribution in [1.82, 2.24) is 0 Å². The summed E-state index contributed by atoms with van der Waals surface area (Å²) < 4.78 is 0. The van der Waals surface area contributed by atoms with Gasteiger partial charge in [-0.2, -0.15) is 0 Å². The van der Waals surface area contributed by atoms with Crippen LogP contribution in [-0.2, 0) is 36.6 Å². The molecule has 0 aliphatic carbocycles. The molecule has 86 valence electrons. The molecule has 0 spiro atoms. The fraction of sp³-hybridized carbons (Fsp3) is 0.500. The van der Waals surface area contributed by atoms with Crippen molar-refractivity contribution in [2.75, 3.05) is 0 Å². The maximum Gasteiger partial charge on any atom is 0.340 e. The molecule has 0 bridgehead atoms. The zero-order valence-corrected chi connectivity index (χ0v) is 8.52. The maximum absolute atomic E-state index is 10.5. The second-order valence-electron chi connectivity index (χ2n) is 2.53. The topological polar surface area (TPSA) is 141 Å². The first-order valence-corrected chi connectivity index (χ1v) is 3.33. The van der Waals surface area contributed by atoms with Crippen molar-refractivity contribution in [3.8, 4) is 0 Å². The van der Waals surface area contributed by atoms with Crippen molar-refractivity contribution in [2.45, 2.75) is 18.4 Å². The first-order chi connectivity index (χ1) is 6.34. The number of carboxylic acid groups (broad SMARTS) is 3. The molecule has 0 atom stereocenters. The summed E-state index contributed by atoms with van der Waals surface area (Å²) in [5, 5.41) is 33.3. The molecule has 9 heteroatoms. The van der Waals surface area contributed by atoms with E-state index in [0.29, 0.717) is 0 Å². The molecule has 0 fully saturated rings. The third-order valence-electron chi connectivity index (χ3n) is 1.44. The van der Waals surface area contributed by atoms with Crippen LogP contribution in [0.1, 0.15) is 12.8 Å². The number of hydrogen-bond donors (Lipinski definition) is 4. The van der Waals surface area contributed by atoms with Gasteiger partial charge in [-0.3, -0.25) is 14.8 Å². The fourth-order valence-corrected chi connectivity index (χ4v) is 0.806. The van der Waals surface area contributed by atoms with Crippen molar-refractivity contribution in [1.29, 1.82) is 0 Å². The molecule has 0 unspecified atom stereocenters. The summed E-state index contributed by atoms with van der Waals surface area (Å²) in [6, 6.07) is 0. The zero-order chi connectivity index (χ0) is 11.4. The molecule has 0 amide bonds. The van der Waals surface area contributed by atoms with Gasteiger partial charge in [0.2, 0.25) is 5.60 Å². The molecule has 0 heterocycles. The van der Waals surface area contributed by atoms with E-state index < -0.39 is 36.4 Å². The van der Waals surface area contributed by atoms with E-state index >= 15 is 0 Å². The summed E-state index contributed by atoms with van der Waals surface area (Å²) >= 11 is 0. The first kappa shape index (κ1) is 16.3. The normalized spacial score (nSPS) is 10.2. The summed E-state index contributed by atoms with van der Waals surface area (Å²) in [6.45, 7) is 0. The number of carboxylic acids is 3. The SMILES string of the molecule is O=C(O)CC(CC(=O)O)(OO)C(=O)O.[Cr]. The van der Waals surface area contributed by atoms with Crippen LogP contribution in [0.15, 0.2) is 0 Å². The second-order valence-corrected chi connectivity index (χ2v) is 2.53. The summed E-state index contributed by atoms with van der Waals surface area (Å²) in [5.74, 6) is -5.05. The number of carbonyl (C=O) groups is 3. The van der Waals surface area contributed by atoms with Crippen molar-refractivity contribution in [3.05, 3.63) is 0 Å². The van der Waals surface area contributed by atoms with E-state index in [-0.39, 0.29) is 17.4 Å². The summed E-state index contributed by atoms with van der Waals surface area (Å²) in [4.78, 5) is 34.4. The van der Waals surface area contributed by atoms with E-state index in [0.717, 1.165) is 0 Å². The van der Waals surface area contributed by atoms with Gasteiger partial charge in [0.1, 0.15) is 0 Å². The Morgan fingerprint density at radius 3 is 1.47 bits per heavy atom. The predicted octanol–water partition coefficient (Wildman–Crippen LogP) is -0.754. The molecule has 0 aliphatic rings. The van der Waals surface area contributed by atoms with Gasteiger partial charge >= 0.3 is 17.9 Å². The maximum atomic E-state index is 10.5. The molecule has 8 nitrogen and oxygen atoms in total. The molecule has 0 saturated carbocycles. The Kier molecular flexibility index (Phi) is 6.92. The minimum atomic E-state index is -2.64. The molecule has 0 radical (unpaired) electrons. The predicted molar refractivity (Wildman–Crippen MR) is 38.6 cm³/mol. The van der Waals surface area contributed by atoms with Crippen molar-refractivity contribution >= 4 is 17.9 Å². The zero-order valence-electron chi connectivity index (χ0n) is 7.24. The van der Waals surface area contributed by atoms with Gasteiger partial charge in [-0.1, -0.05) is 0 Å². The Balaban J connectivity index is 0. The minimum Gasteiger partial charge on any atom is -0.481 e. The summed E-state index contributed by atoms with van der Waals surface area (Å²) in [7, 11) is 0. The van der Waals surface area contributed by atoms with Gasteiger partial charge < -0.3 is 15.3 Å². The molecule has 15 heavy (non-hydrogen) atoms. The van der Waals surface area contributed by atoms with E-state index in [1.807, 2.05) is 0 Å². The molecular formula is C6H8CrO8. The van der Waals surface area contributed by atoms with Gasteiger partial charge in [-0.25, -0.2) is 9.68 Å². The molecule has 0 aromatic heterocycles. The van der Waals surface area contributed by atoms with Crippen LogP contribution < -0.4 is 0 Å². The first-order valence-electron chi connectivity index (χ1n) is 3.33. The summed E-state index contributed by atoms with van der Waals surface area (Å²) in [5.41, 5.74) is -2.64. The number of rotatable bonds is 6. The van der Waals surface area contributed by atoms with E-state index in [9.17, 15) is 14.4 Å². The molecular weight excluding hydrogens is 252 g/mol. The third-order valence-corrected chi connectivity index (χ3v) is 1.44. The molecule has 0 saturated heterocycles. The molecule has 0 aliphatic heterocycles. The third kappa shape index (κ3) is 4.76. The number of hydrogen-bond acceptors (Lipinski definition) is 5. The Hall–Kier alpha value is -1.14. The second kappa shape index (κ2) is 6.37. The van der Waals surface area contributed by atoms with Crippen LogP contribution in [0.3, 0.4) is 0 Å². The van der Waals surface area contributed by atoms with E-state index in [1.54, 1.807) is 0 Å².